The Morgan fingerprint density at radius 1 is 1.29 bits per heavy atom. The number of carbonyl (C=O) groups is 1. The van der Waals surface area contributed by atoms with Crippen molar-refractivity contribution in [2.75, 3.05) is 5.73 Å². The first kappa shape index (κ1) is 13.9. The normalized spacial score (nSPS) is 20.1. The SMILES string of the molecule is Nc1ccc(Cl)c(C(=O)N[C@@H]2c3ccccc3C[C@@H]2O)c1. The molecular weight excluding hydrogens is 288 g/mol. The van der Waals surface area contributed by atoms with Crippen LogP contribution in [0.4, 0.5) is 5.69 Å². The number of nitrogens with one attached hydrogen (secondary N) is 1. The molecule has 3 rings (SSSR count). The summed E-state index contributed by atoms with van der Waals surface area (Å²) >= 11 is 6.03. The van der Waals surface area contributed by atoms with Gasteiger partial charge in [-0.2, -0.15) is 0 Å². The lowest BCUT2D eigenvalue weighted by atomic mass is 10.1. The molecule has 0 heterocycles. The number of fused-ring (bicyclic) bond motifs is 1. The largest absolute Gasteiger partial charge is 0.399 e. The van der Waals surface area contributed by atoms with Gasteiger partial charge in [0.1, 0.15) is 0 Å². The van der Waals surface area contributed by atoms with Gasteiger partial charge in [0.15, 0.2) is 0 Å². The second kappa shape index (κ2) is 5.39. The molecule has 0 aliphatic heterocycles. The number of rotatable bonds is 2. The van der Waals surface area contributed by atoms with Gasteiger partial charge >= 0.3 is 0 Å². The molecule has 21 heavy (non-hydrogen) atoms. The molecular formula is C16H15ClN2O2. The highest BCUT2D eigenvalue weighted by Gasteiger charge is 2.32. The molecule has 1 aliphatic carbocycles. The fourth-order valence-electron chi connectivity index (χ4n) is 2.68. The zero-order chi connectivity index (χ0) is 15.0. The maximum atomic E-state index is 12.4. The van der Waals surface area contributed by atoms with Crippen molar-refractivity contribution < 1.29 is 9.90 Å². The summed E-state index contributed by atoms with van der Waals surface area (Å²) in [5, 5.41) is 13.3. The lowest BCUT2D eigenvalue weighted by molar-refractivity contribution is 0.0858. The van der Waals surface area contributed by atoms with E-state index in [9.17, 15) is 9.90 Å². The minimum atomic E-state index is -0.633. The summed E-state index contributed by atoms with van der Waals surface area (Å²) in [6.07, 6.45) is -0.0996. The summed E-state index contributed by atoms with van der Waals surface area (Å²) in [5.41, 5.74) is 8.46. The molecule has 2 atom stereocenters. The zero-order valence-electron chi connectivity index (χ0n) is 11.2. The quantitative estimate of drug-likeness (QED) is 0.745. The van der Waals surface area contributed by atoms with E-state index in [4.69, 9.17) is 17.3 Å². The van der Waals surface area contributed by atoms with E-state index >= 15 is 0 Å². The highest BCUT2D eigenvalue weighted by molar-refractivity contribution is 6.34. The second-order valence-corrected chi connectivity index (χ2v) is 5.57. The Hall–Kier alpha value is -2.04. The summed E-state index contributed by atoms with van der Waals surface area (Å²) in [6.45, 7) is 0. The highest BCUT2D eigenvalue weighted by atomic mass is 35.5. The van der Waals surface area contributed by atoms with Gasteiger partial charge in [0.25, 0.3) is 5.91 Å². The molecule has 108 valence electrons. The molecule has 1 amide bonds. The van der Waals surface area contributed by atoms with Gasteiger partial charge in [-0.25, -0.2) is 0 Å². The third-order valence-electron chi connectivity index (χ3n) is 3.73. The number of nitrogen functional groups attached to an aromatic ring is 1. The number of aliphatic hydroxyl groups excluding tert-OH is 1. The van der Waals surface area contributed by atoms with Crippen LogP contribution in [-0.4, -0.2) is 17.1 Å². The molecule has 1 aliphatic rings. The summed E-state index contributed by atoms with van der Waals surface area (Å²) in [7, 11) is 0. The number of aliphatic hydroxyl groups is 1. The maximum Gasteiger partial charge on any atom is 0.253 e. The Balaban J connectivity index is 1.87. The van der Waals surface area contributed by atoms with E-state index in [2.05, 4.69) is 5.32 Å². The number of benzene rings is 2. The van der Waals surface area contributed by atoms with Gasteiger partial charge in [-0.15, -0.1) is 0 Å². The minimum absolute atomic E-state index is 0.313. The van der Waals surface area contributed by atoms with Crippen LogP contribution in [0.5, 0.6) is 0 Å². The lowest BCUT2D eigenvalue weighted by Crippen LogP contribution is -2.34. The monoisotopic (exact) mass is 302 g/mol. The summed E-state index contributed by atoms with van der Waals surface area (Å²) in [4.78, 5) is 12.4. The van der Waals surface area contributed by atoms with Crippen molar-refractivity contribution in [1.29, 1.82) is 0 Å². The summed E-state index contributed by atoms with van der Waals surface area (Å²) in [5.74, 6) is -0.340. The molecule has 0 aromatic heterocycles. The molecule has 0 radical (unpaired) electrons. The first-order chi connectivity index (χ1) is 10.1. The van der Waals surface area contributed by atoms with Gasteiger partial charge in [-0.05, 0) is 29.3 Å². The molecule has 5 heteroatoms. The second-order valence-electron chi connectivity index (χ2n) is 5.16. The van der Waals surface area contributed by atoms with E-state index < -0.39 is 12.1 Å². The van der Waals surface area contributed by atoms with Crippen LogP contribution in [0, 0.1) is 0 Å². The Morgan fingerprint density at radius 2 is 2.05 bits per heavy atom. The van der Waals surface area contributed by atoms with Crippen molar-refractivity contribution in [3.8, 4) is 0 Å². The van der Waals surface area contributed by atoms with Crippen LogP contribution in [0.3, 0.4) is 0 Å². The van der Waals surface area contributed by atoms with Crippen molar-refractivity contribution in [3.05, 3.63) is 64.2 Å². The third kappa shape index (κ3) is 2.60. The van der Waals surface area contributed by atoms with Crippen LogP contribution in [0.1, 0.15) is 27.5 Å². The standard InChI is InChI=1S/C16H15ClN2O2/c17-13-6-5-10(18)8-12(13)16(21)19-15-11-4-2-1-3-9(11)7-14(15)20/h1-6,8,14-15,20H,7,18H2,(H,19,21)/t14-,15+/m0/s1. The lowest BCUT2D eigenvalue weighted by Gasteiger charge is -2.18. The molecule has 4 nitrogen and oxygen atoms in total. The van der Waals surface area contributed by atoms with Gasteiger partial charge < -0.3 is 16.2 Å². The van der Waals surface area contributed by atoms with Crippen LogP contribution in [-0.2, 0) is 6.42 Å². The maximum absolute atomic E-state index is 12.4. The van der Waals surface area contributed by atoms with Crippen LogP contribution in [0.2, 0.25) is 5.02 Å². The Labute approximate surface area is 127 Å². The average Bonchev–Trinajstić information content (AvgIpc) is 2.78. The number of anilines is 1. The Kier molecular flexibility index (Phi) is 3.57. The van der Waals surface area contributed by atoms with Gasteiger partial charge in [0.2, 0.25) is 0 Å². The predicted molar refractivity (Wildman–Crippen MR) is 82.2 cm³/mol. The topological polar surface area (TPSA) is 75.4 Å². The van der Waals surface area contributed by atoms with Crippen LogP contribution >= 0.6 is 11.6 Å². The molecule has 0 unspecified atom stereocenters. The number of amides is 1. The molecule has 0 bridgehead atoms. The predicted octanol–water partition coefficient (Wildman–Crippen LogP) is 2.31. The van der Waals surface area contributed by atoms with E-state index in [0.717, 1.165) is 11.1 Å². The molecule has 0 saturated carbocycles. The minimum Gasteiger partial charge on any atom is -0.399 e. The van der Waals surface area contributed by atoms with Crippen molar-refractivity contribution in [3.63, 3.8) is 0 Å². The van der Waals surface area contributed by atoms with Crippen molar-refractivity contribution in [1.82, 2.24) is 5.32 Å². The first-order valence-corrected chi connectivity index (χ1v) is 7.06. The van der Waals surface area contributed by atoms with Gasteiger partial charge in [-0.3, -0.25) is 4.79 Å². The molecule has 4 N–H and O–H groups in total. The molecule has 2 aromatic rings. The third-order valence-corrected chi connectivity index (χ3v) is 4.06. The molecule has 0 fully saturated rings. The summed E-state index contributed by atoms with van der Waals surface area (Å²) in [6, 6.07) is 12.0. The van der Waals surface area contributed by atoms with Crippen molar-refractivity contribution in [2.24, 2.45) is 0 Å². The van der Waals surface area contributed by atoms with Crippen LogP contribution in [0.25, 0.3) is 0 Å². The highest BCUT2D eigenvalue weighted by Crippen LogP contribution is 2.32. The fraction of sp³-hybridized carbons (Fsp3) is 0.188. The average molecular weight is 303 g/mol. The first-order valence-electron chi connectivity index (χ1n) is 6.68. The number of carbonyl (C=O) groups excluding carboxylic acids is 1. The summed E-state index contributed by atoms with van der Waals surface area (Å²) < 4.78 is 0. The van der Waals surface area contributed by atoms with E-state index in [1.54, 1.807) is 12.1 Å². The molecule has 0 spiro atoms. The van der Waals surface area contributed by atoms with E-state index in [1.165, 1.54) is 6.07 Å². The fourth-order valence-corrected chi connectivity index (χ4v) is 2.89. The van der Waals surface area contributed by atoms with E-state index in [-0.39, 0.29) is 5.91 Å². The van der Waals surface area contributed by atoms with Crippen molar-refractivity contribution in [2.45, 2.75) is 18.6 Å². The van der Waals surface area contributed by atoms with E-state index in [1.807, 2.05) is 24.3 Å². The van der Waals surface area contributed by atoms with Crippen molar-refractivity contribution >= 4 is 23.2 Å². The number of halogens is 1. The van der Waals surface area contributed by atoms with Gasteiger partial charge in [-0.1, -0.05) is 35.9 Å². The number of nitrogens with two attached hydrogens (primary N) is 1. The molecule has 2 aromatic carbocycles. The number of hydrogen-bond acceptors (Lipinski definition) is 3. The van der Waals surface area contributed by atoms with Crippen LogP contribution in [0.15, 0.2) is 42.5 Å². The van der Waals surface area contributed by atoms with Gasteiger partial charge in [0.05, 0.1) is 22.7 Å². The zero-order valence-corrected chi connectivity index (χ0v) is 12.0. The van der Waals surface area contributed by atoms with Gasteiger partial charge in [0, 0.05) is 12.1 Å². The van der Waals surface area contributed by atoms with Crippen LogP contribution < -0.4 is 11.1 Å². The smallest absolute Gasteiger partial charge is 0.253 e. The number of hydrogen-bond donors (Lipinski definition) is 3. The molecule has 0 saturated heterocycles. The van der Waals surface area contributed by atoms with E-state index in [0.29, 0.717) is 22.7 Å². The Bertz CT molecular complexity index is 702. The Morgan fingerprint density at radius 3 is 2.86 bits per heavy atom.